The van der Waals surface area contributed by atoms with Crippen molar-refractivity contribution in [2.45, 2.75) is 18.9 Å². The van der Waals surface area contributed by atoms with Crippen molar-refractivity contribution in [3.8, 4) is 0 Å². The molecule has 1 amide bonds. The number of aliphatic imine (C=N–C) groups is 1. The van der Waals surface area contributed by atoms with Gasteiger partial charge in [-0.3, -0.25) is 9.79 Å². The Morgan fingerprint density at radius 2 is 2.00 bits per heavy atom. The largest absolute Gasteiger partial charge is 0.356 e. The lowest BCUT2D eigenvalue weighted by Crippen LogP contribution is -2.40. The van der Waals surface area contributed by atoms with Crippen LogP contribution in [0, 0.1) is 11.6 Å². The molecule has 3 N–H and O–H groups in total. The first kappa shape index (κ1) is 21.1. The van der Waals surface area contributed by atoms with E-state index in [1.54, 1.807) is 7.05 Å². The van der Waals surface area contributed by atoms with Crippen molar-refractivity contribution in [1.82, 2.24) is 10.6 Å². The number of amides is 1. The number of para-hydroxylation sites is 1. The van der Waals surface area contributed by atoms with Crippen LogP contribution in [-0.4, -0.2) is 25.5 Å². The van der Waals surface area contributed by atoms with Crippen LogP contribution in [0.4, 0.5) is 14.5 Å². The molecule has 144 valence electrons. The molecular formula is C19H21F2IN4O. The number of nitrogens with one attached hydrogen (secondary N) is 3. The van der Waals surface area contributed by atoms with Gasteiger partial charge in [-0.25, -0.2) is 8.78 Å². The lowest BCUT2D eigenvalue weighted by molar-refractivity contribution is -0.116. The second-order valence-corrected chi connectivity index (χ2v) is 6.08. The molecule has 5 nitrogen and oxygen atoms in total. The van der Waals surface area contributed by atoms with Crippen LogP contribution in [0.2, 0.25) is 0 Å². The molecule has 0 aliphatic carbocycles. The second kappa shape index (κ2) is 9.63. The van der Waals surface area contributed by atoms with Gasteiger partial charge in [0.05, 0.1) is 0 Å². The maximum Gasteiger partial charge on any atom is 0.225 e. The molecule has 0 radical (unpaired) electrons. The maximum atomic E-state index is 13.7. The molecule has 2 aromatic carbocycles. The van der Waals surface area contributed by atoms with E-state index in [2.05, 4.69) is 20.9 Å². The zero-order valence-electron chi connectivity index (χ0n) is 14.8. The molecule has 0 saturated carbocycles. The van der Waals surface area contributed by atoms with Crippen molar-refractivity contribution >= 4 is 41.5 Å². The number of carbonyl (C=O) groups is 1. The second-order valence-electron chi connectivity index (χ2n) is 6.08. The minimum absolute atomic E-state index is 0. The Bertz CT molecular complexity index is 844. The van der Waals surface area contributed by atoms with Crippen molar-refractivity contribution in [3.05, 3.63) is 65.2 Å². The summed E-state index contributed by atoms with van der Waals surface area (Å²) in [7, 11) is 1.60. The van der Waals surface area contributed by atoms with E-state index in [0.29, 0.717) is 18.9 Å². The highest BCUT2D eigenvalue weighted by molar-refractivity contribution is 14.0. The van der Waals surface area contributed by atoms with Crippen molar-refractivity contribution in [2.75, 3.05) is 18.9 Å². The number of nitrogens with zero attached hydrogens (tertiary/aromatic N) is 1. The quantitative estimate of drug-likeness (QED) is 0.353. The van der Waals surface area contributed by atoms with Crippen LogP contribution < -0.4 is 16.0 Å². The Hall–Kier alpha value is -2.23. The van der Waals surface area contributed by atoms with Crippen molar-refractivity contribution in [1.29, 1.82) is 0 Å². The lowest BCUT2D eigenvalue weighted by atomic mass is 9.90. The molecule has 3 rings (SSSR count). The van der Waals surface area contributed by atoms with Gasteiger partial charge in [-0.2, -0.15) is 0 Å². The Morgan fingerprint density at radius 1 is 1.22 bits per heavy atom. The highest BCUT2D eigenvalue weighted by Gasteiger charge is 2.24. The van der Waals surface area contributed by atoms with E-state index in [0.717, 1.165) is 29.4 Å². The predicted octanol–water partition coefficient (Wildman–Crippen LogP) is 3.37. The van der Waals surface area contributed by atoms with Crippen molar-refractivity contribution in [3.63, 3.8) is 0 Å². The lowest BCUT2D eigenvalue weighted by Gasteiger charge is -2.26. The zero-order chi connectivity index (χ0) is 18.5. The van der Waals surface area contributed by atoms with E-state index < -0.39 is 11.6 Å². The van der Waals surface area contributed by atoms with Gasteiger partial charge in [0, 0.05) is 43.7 Å². The summed E-state index contributed by atoms with van der Waals surface area (Å²) in [6.07, 6.45) is 0.375. The summed E-state index contributed by atoms with van der Waals surface area (Å²) in [4.78, 5) is 16.0. The van der Waals surface area contributed by atoms with Gasteiger partial charge < -0.3 is 16.0 Å². The fourth-order valence-corrected chi connectivity index (χ4v) is 2.98. The minimum Gasteiger partial charge on any atom is -0.356 e. The smallest absolute Gasteiger partial charge is 0.225 e. The Labute approximate surface area is 173 Å². The molecule has 1 unspecified atom stereocenters. The molecular weight excluding hydrogens is 465 g/mol. The number of hydrogen-bond donors (Lipinski definition) is 3. The van der Waals surface area contributed by atoms with E-state index >= 15 is 0 Å². The molecule has 1 aliphatic rings. The topological polar surface area (TPSA) is 65.5 Å². The van der Waals surface area contributed by atoms with Gasteiger partial charge in [0.25, 0.3) is 0 Å². The number of carbonyl (C=O) groups excluding carboxylic acids is 1. The van der Waals surface area contributed by atoms with Crippen molar-refractivity contribution in [2.24, 2.45) is 4.99 Å². The summed E-state index contributed by atoms with van der Waals surface area (Å²) in [6, 6.07) is 11.0. The number of anilines is 1. The van der Waals surface area contributed by atoms with Gasteiger partial charge in [-0.05, 0) is 29.8 Å². The fraction of sp³-hybridized carbons (Fsp3) is 0.263. The van der Waals surface area contributed by atoms with Gasteiger partial charge >= 0.3 is 0 Å². The first-order valence-corrected chi connectivity index (χ1v) is 8.34. The summed E-state index contributed by atoms with van der Waals surface area (Å²) < 4.78 is 26.9. The van der Waals surface area contributed by atoms with Crippen LogP contribution >= 0.6 is 24.0 Å². The zero-order valence-corrected chi connectivity index (χ0v) is 17.1. The summed E-state index contributed by atoms with van der Waals surface area (Å²) in [5.41, 5.74) is 2.10. The molecule has 0 aromatic heterocycles. The first-order chi connectivity index (χ1) is 12.6. The van der Waals surface area contributed by atoms with Gasteiger partial charge in [0.15, 0.2) is 5.96 Å². The average molecular weight is 486 g/mol. The normalized spacial score (nSPS) is 16.0. The highest BCUT2D eigenvalue weighted by atomic mass is 127. The van der Waals surface area contributed by atoms with Gasteiger partial charge in [-0.15, -0.1) is 24.0 Å². The Morgan fingerprint density at radius 3 is 2.78 bits per heavy atom. The number of benzene rings is 2. The van der Waals surface area contributed by atoms with E-state index in [-0.39, 0.29) is 47.9 Å². The molecule has 27 heavy (non-hydrogen) atoms. The van der Waals surface area contributed by atoms with E-state index in [9.17, 15) is 13.6 Å². The van der Waals surface area contributed by atoms with Crippen LogP contribution in [0.25, 0.3) is 0 Å². The number of halogens is 3. The molecule has 1 heterocycles. The predicted molar refractivity (Wildman–Crippen MR) is 112 cm³/mol. The summed E-state index contributed by atoms with van der Waals surface area (Å²) in [6.45, 7) is 0.598. The number of rotatable bonds is 4. The third-order valence-electron chi connectivity index (χ3n) is 4.30. The fourth-order valence-electron chi connectivity index (χ4n) is 2.98. The highest BCUT2D eigenvalue weighted by Crippen LogP contribution is 2.31. The van der Waals surface area contributed by atoms with Crippen molar-refractivity contribution < 1.29 is 13.6 Å². The Balaban J connectivity index is 0.00000261. The van der Waals surface area contributed by atoms with Crippen LogP contribution in [-0.2, 0) is 11.3 Å². The summed E-state index contributed by atoms with van der Waals surface area (Å²) in [5, 5.41) is 8.97. The molecule has 1 atom stereocenters. The van der Waals surface area contributed by atoms with E-state index in [1.165, 1.54) is 0 Å². The van der Waals surface area contributed by atoms with Gasteiger partial charge in [0.2, 0.25) is 5.91 Å². The molecule has 0 bridgehead atoms. The molecule has 0 spiro atoms. The molecule has 0 saturated heterocycles. The van der Waals surface area contributed by atoms with E-state index in [1.807, 2.05) is 24.3 Å². The molecule has 2 aromatic rings. The van der Waals surface area contributed by atoms with Gasteiger partial charge in [0.1, 0.15) is 11.6 Å². The third-order valence-corrected chi connectivity index (χ3v) is 4.30. The number of hydrogen-bond acceptors (Lipinski definition) is 2. The van der Waals surface area contributed by atoms with Gasteiger partial charge in [-0.1, -0.05) is 18.2 Å². The third kappa shape index (κ3) is 5.38. The summed E-state index contributed by atoms with van der Waals surface area (Å²) >= 11 is 0. The van der Waals surface area contributed by atoms with Crippen LogP contribution in [0.1, 0.15) is 23.5 Å². The summed E-state index contributed by atoms with van der Waals surface area (Å²) in [5.74, 6) is -0.537. The number of guanidine groups is 1. The molecule has 0 fully saturated rings. The number of fused-ring (bicyclic) bond motifs is 1. The maximum absolute atomic E-state index is 13.7. The van der Waals surface area contributed by atoms with E-state index in [4.69, 9.17) is 0 Å². The standard InChI is InChI=1S/C19H20F2N4O.HI/c1-22-19(24-11-13-8-14(20)6-7-16(13)21)23-10-12-9-18(26)25-17-5-3-2-4-15(12)17;/h2-8,12H,9-11H2,1H3,(H,25,26)(H2,22,23,24);1H. The van der Waals surface area contributed by atoms with Crippen LogP contribution in [0.3, 0.4) is 0 Å². The Kier molecular flexibility index (Phi) is 7.52. The first-order valence-electron chi connectivity index (χ1n) is 8.34. The average Bonchev–Trinajstić information content (AvgIpc) is 2.64. The molecule has 1 aliphatic heterocycles. The minimum atomic E-state index is -0.490. The van der Waals surface area contributed by atoms with Crippen LogP contribution in [0.5, 0.6) is 0 Å². The molecule has 8 heteroatoms. The SMILES string of the molecule is CN=C(NCc1cc(F)ccc1F)NCC1CC(=O)Nc2ccccc21.I. The van der Waals surface area contributed by atoms with Crippen LogP contribution in [0.15, 0.2) is 47.5 Å². The monoisotopic (exact) mass is 486 g/mol.